The van der Waals surface area contributed by atoms with Crippen LogP contribution in [0.25, 0.3) is 0 Å². The first kappa shape index (κ1) is 15.4. The molecule has 0 aliphatic rings. The summed E-state index contributed by atoms with van der Waals surface area (Å²) < 4.78 is 6.13. The van der Waals surface area contributed by atoms with Crippen molar-refractivity contribution in [2.75, 3.05) is 0 Å². The van der Waals surface area contributed by atoms with Crippen molar-refractivity contribution < 1.29 is 14.6 Å². The van der Waals surface area contributed by atoms with Crippen LogP contribution in [0.1, 0.15) is 10.4 Å². The molecular weight excluding hydrogens is 390 g/mol. The summed E-state index contributed by atoms with van der Waals surface area (Å²) in [5.74, 6) is -0.861. The molecule has 0 saturated heterocycles. The average molecular weight is 396 g/mol. The van der Waals surface area contributed by atoms with Crippen LogP contribution in [0, 0.1) is 0 Å². The number of carbonyl (C=O) groups is 1. The number of ether oxygens (including phenoxy) is 1. The SMILES string of the molecule is O=C(O)c1c(Cl)cccc1Oc1cc(Cl)c(Br)cc1Cl. The summed E-state index contributed by atoms with van der Waals surface area (Å²) >= 11 is 21.1. The summed E-state index contributed by atoms with van der Waals surface area (Å²) in [4.78, 5) is 11.2. The summed E-state index contributed by atoms with van der Waals surface area (Å²) in [6.07, 6.45) is 0. The normalized spacial score (nSPS) is 10.4. The van der Waals surface area contributed by atoms with Crippen molar-refractivity contribution in [2.45, 2.75) is 0 Å². The van der Waals surface area contributed by atoms with Crippen molar-refractivity contribution in [1.82, 2.24) is 0 Å². The molecule has 0 saturated carbocycles. The summed E-state index contributed by atoms with van der Waals surface area (Å²) in [5.41, 5.74) is -0.135. The maximum absolute atomic E-state index is 11.2. The minimum Gasteiger partial charge on any atom is -0.478 e. The second-order valence-electron chi connectivity index (χ2n) is 3.72. The molecule has 0 unspecified atom stereocenters. The van der Waals surface area contributed by atoms with E-state index in [9.17, 15) is 4.79 Å². The monoisotopic (exact) mass is 394 g/mol. The molecule has 2 rings (SSSR count). The van der Waals surface area contributed by atoms with E-state index >= 15 is 0 Å². The number of benzene rings is 2. The van der Waals surface area contributed by atoms with Crippen LogP contribution in [0.3, 0.4) is 0 Å². The van der Waals surface area contributed by atoms with Crippen molar-refractivity contribution in [1.29, 1.82) is 0 Å². The predicted molar refractivity (Wildman–Crippen MR) is 82.6 cm³/mol. The highest BCUT2D eigenvalue weighted by atomic mass is 79.9. The zero-order valence-electron chi connectivity index (χ0n) is 9.66. The minimum atomic E-state index is -1.19. The van der Waals surface area contributed by atoms with Gasteiger partial charge in [-0.05, 0) is 34.1 Å². The molecule has 0 aliphatic heterocycles. The van der Waals surface area contributed by atoms with E-state index in [1.54, 1.807) is 12.1 Å². The maximum Gasteiger partial charge on any atom is 0.341 e. The lowest BCUT2D eigenvalue weighted by Gasteiger charge is -2.12. The molecule has 7 heteroatoms. The van der Waals surface area contributed by atoms with E-state index in [-0.39, 0.29) is 27.1 Å². The summed E-state index contributed by atoms with van der Waals surface area (Å²) in [7, 11) is 0. The van der Waals surface area contributed by atoms with E-state index < -0.39 is 5.97 Å². The Morgan fingerprint density at radius 1 is 1.05 bits per heavy atom. The second-order valence-corrected chi connectivity index (χ2v) is 5.79. The number of carboxylic acid groups (broad SMARTS) is 1. The van der Waals surface area contributed by atoms with Crippen molar-refractivity contribution in [3.63, 3.8) is 0 Å². The third kappa shape index (κ3) is 3.20. The van der Waals surface area contributed by atoms with Crippen molar-refractivity contribution in [2.24, 2.45) is 0 Å². The third-order valence-corrected chi connectivity index (χ3v) is 4.19. The molecule has 0 atom stereocenters. The summed E-state index contributed by atoms with van der Waals surface area (Å²) in [6.45, 7) is 0. The Morgan fingerprint density at radius 2 is 1.75 bits per heavy atom. The van der Waals surface area contributed by atoms with Gasteiger partial charge in [0.25, 0.3) is 0 Å². The zero-order chi connectivity index (χ0) is 14.9. The molecule has 0 amide bonds. The van der Waals surface area contributed by atoms with Crippen molar-refractivity contribution in [3.05, 3.63) is 55.4 Å². The fraction of sp³-hybridized carbons (Fsp3) is 0. The molecule has 0 aliphatic carbocycles. The molecular formula is C13H6BrCl3O3. The molecule has 3 nitrogen and oxygen atoms in total. The number of aromatic carboxylic acids is 1. The maximum atomic E-state index is 11.2. The Bertz CT molecular complexity index is 689. The van der Waals surface area contributed by atoms with Gasteiger partial charge in [-0.25, -0.2) is 4.79 Å². The Morgan fingerprint density at radius 3 is 2.40 bits per heavy atom. The molecule has 2 aromatic carbocycles. The van der Waals surface area contributed by atoms with Gasteiger partial charge in [-0.3, -0.25) is 0 Å². The first-order valence-electron chi connectivity index (χ1n) is 5.24. The molecule has 0 bridgehead atoms. The van der Waals surface area contributed by atoms with E-state index in [0.29, 0.717) is 9.50 Å². The van der Waals surface area contributed by atoms with Crippen LogP contribution in [-0.4, -0.2) is 11.1 Å². The van der Waals surface area contributed by atoms with Crippen LogP contribution in [0.4, 0.5) is 0 Å². The van der Waals surface area contributed by atoms with Crippen LogP contribution in [0.5, 0.6) is 11.5 Å². The minimum absolute atomic E-state index is 0.0781. The van der Waals surface area contributed by atoms with Crippen molar-refractivity contribution in [3.8, 4) is 11.5 Å². The highest BCUT2D eigenvalue weighted by Gasteiger charge is 2.17. The quantitative estimate of drug-likeness (QED) is 0.657. The lowest BCUT2D eigenvalue weighted by atomic mass is 10.2. The molecule has 2 aromatic rings. The van der Waals surface area contributed by atoms with Gasteiger partial charge < -0.3 is 9.84 Å². The van der Waals surface area contributed by atoms with Gasteiger partial charge in [-0.2, -0.15) is 0 Å². The Balaban J connectivity index is 2.48. The van der Waals surface area contributed by atoms with Gasteiger partial charge in [0, 0.05) is 10.5 Å². The van der Waals surface area contributed by atoms with Gasteiger partial charge >= 0.3 is 5.97 Å². The standard InChI is InChI=1S/C13H6BrCl3O3/c14-6-4-9(17)11(5-8(6)16)20-10-3-1-2-7(15)12(10)13(18)19/h1-5H,(H,18,19). The Labute approximate surface area is 138 Å². The fourth-order valence-corrected chi connectivity index (χ4v) is 2.58. The van der Waals surface area contributed by atoms with Gasteiger partial charge in [0.2, 0.25) is 0 Å². The fourth-order valence-electron chi connectivity index (χ4n) is 1.50. The number of hydrogen-bond acceptors (Lipinski definition) is 2. The van der Waals surface area contributed by atoms with Gasteiger partial charge in [0.1, 0.15) is 17.1 Å². The second kappa shape index (κ2) is 6.22. The van der Waals surface area contributed by atoms with Gasteiger partial charge in [0.05, 0.1) is 15.1 Å². The van der Waals surface area contributed by atoms with Gasteiger partial charge in [0.15, 0.2) is 0 Å². The van der Waals surface area contributed by atoms with Crippen molar-refractivity contribution >= 4 is 56.7 Å². The Kier molecular flexibility index (Phi) is 4.81. The lowest BCUT2D eigenvalue weighted by Crippen LogP contribution is -2.01. The highest BCUT2D eigenvalue weighted by Crippen LogP contribution is 2.38. The zero-order valence-corrected chi connectivity index (χ0v) is 13.5. The first-order valence-corrected chi connectivity index (χ1v) is 7.17. The van der Waals surface area contributed by atoms with Crippen LogP contribution in [0.2, 0.25) is 15.1 Å². The highest BCUT2D eigenvalue weighted by molar-refractivity contribution is 9.10. The third-order valence-electron chi connectivity index (χ3n) is 2.38. The number of rotatable bonds is 3. The smallest absolute Gasteiger partial charge is 0.341 e. The van der Waals surface area contributed by atoms with Crippen LogP contribution >= 0.6 is 50.7 Å². The molecule has 0 heterocycles. The molecule has 0 spiro atoms. The van der Waals surface area contributed by atoms with E-state index in [4.69, 9.17) is 44.6 Å². The van der Waals surface area contributed by atoms with Gasteiger partial charge in [-0.1, -0.05) is 40.9 Å². The average Bonchev–Trinajstić information content (AvgIpc) is 2.35. The van der Waals surface area contributed by atoms with Gasteiger partial charge in [-0.15, -0.1) is 0 Å². The number of halogens is 4. The number of carboxylic acids is 1. The van der Waals surface area contributed by atoms with Crippen LogP contribution < -0.4 is 4.74 Å². The van der Waals surface area contributed by atoms with E-state index in [1.807, 2.05) is 0 Å². The first-order chi connectivity index (χ1) is 9.40. The molecule has 0 fully saturated rings. The van der Waals surface area contributed by atoms with E-state index in [2.05, 4.69) is 15.9 Å². The molecule has 0 aromatic heterocycles. The molecule has 0 radical (unpaired) electrons. The molecule has 20 heavy (non-hydrogen) atoms. The van der Waals surface area contributed by atoms with Crippen LogP contribution in [0.15, 0.2) is 34.8 Å². The molecule has 104 valence electrons. The number of hydrogen-bond donors (Lipinski definition) is 1. The summed E-state index contributed by atoms with van der Waals surface area (Å²) in [5, 5.41) is 9.92. The van der Waals surface area contributed by atoms with E-state index in [0.717, 1.165) is 0 Å². The van der Waals surface area contributed by atoms with E-state index in [1.165, 1.54) is 18.2 Å². The molecule has 1 N–H and O–H groups in total. The lowest BCUT2D eigenvalue weighted by molar-refractivity contribution is 0.0694. The Hall–Kier alpha value is -0.940. The topological polar surface area (TPSA) is 46.5 Å². The largest absolute Gasteiger partial charge is 0.478 e. The predicted octanol–water partition coefficient (Wildman–Crippen LogP) is 5.90. The van der Waals surface area contributed by atoms with Crippen LogP contribution in [-0.2, 0) is 0 Å². The summed E-state index contributed by atoms with van der Waals surface area (Å²) in [6, 6.07) is 7.58.